The second-order valence-corrected chi connectivity index (χ2v) is 6.73. The molecule has 0 atom stereocenters. The topological polar surface area (TPSA) is 71.1 Å². The molecule has 1 aromatic heterocycles. The Balaban J connectivity index is 2.34. The van der Waals surface area contributed by atoms with Crippen molar-refractivity contribution in [2.45, 2.75) is 11.4 Å². The maximum atomic E-state index is 12.3. The van der Waals surface area contributed by atoms with Crippen LogP contribution < -0.4 is 10.0 Å². The average molecular weight is 356 g/mol. The third-order valence-corrected chi connectivity index (χ3v) is 4.39. The molecular formula is C13H14BrN3O2S. The minimum Gasteiger partial charge on any atom is -0.316 e. The molecule has 2 rings (SSSR count). The highest BCUT2D eigenvalue weighted by molar-refractivity contribution is 9.10. The van der Waals surface area contributed by atoms with Crippen molar-refractivity contribution >= 4 is 31.6 Å². The highest BCUT2D eigenvalue weighted by Gasteiger charge is 2.16. The fourth-order valence-corrected chi connectivity index (χ4v) is 3.31. The summed E-state index contributed by atoms with van der Waals surface area (Å²) in [5, 5.41) is 3.00. The number of rotatable bonds is 5. The van der Waals surface area contributed by atoms with Gasteiger partial charge in [0.2, 0.25) is 0 Å². The molecule has 0 unspecified atom stereocenters. The maximum absolute atomic E-state index is 12.3. The van der Waals surface area contributed by atoms with E-state index in [2.05, 4.69) is 31.0 Å². The first-order valence-corrected chi connectivity index (χ1v) is 8.16. The highest BCUT2D eigenvalue weighted by Crippen LogP contribution is 2.21. The fraction of sp³-hybridized carbons (Fsp3) is 0.154. The van der Waals surface area contributed by atoms with Crippen LogP contribution in [0.25, 0.3) is 0 Å². The van der Waals surface area contributed by atoms with E-state index in [1.807, 2.05) is 19.2 Å². The molecule has 20 heavy (non-hydrogen) atoms. The lowest BCUT2D eigenvalue weighted by atomic mass is 10.2. The molecule has 1 heterocycles. The van der Waals surface area contributed by atoms with E-state index in [9.17, 15) is 8.42 Å². The largest absolute Gasteiger partial charge is 0.316 e. The smallest absolute Gasteiger partial charge is 0.263 e. The second kappa shape index (κ2) is 6.34. The van der Waals surface area contributed by atoms with Gasteiger partial charge in [0.05, 0.1) is 5.69 Å². The first-order chi connectivity index (χ1) is 9.53. The first-order valence-electron chi connectivity index (χ1n) is 5.89. The molecule has 2 aromatic rings. The van der Waals surface area contributed by atoms with Crippen molar-refractivity contribution in [3.63, 3.8) is 0 Å². The van der Waals surface area contributed by atoms with Crippen molar-refractivity contribution in [1.29, 1.82) is 0 Å². The minimum atomic E-state index is -3.65. The summed E-state index contributed by atoms with van der Waals surface area (Å²) in [7, 11) is -1.84. The Morgan fingerprint density at radius 3 is 2.70 bits per heavy atom. The highest BCUT2D eigenvalue weighted by atomic mass is 79.9. The molecule has 0 aliphatic heterocycles. The number of anilines is 1. The zero-order valence-corrected chi connectivity index (χ0v) is 13.2. The Morgan fingerprint density at radius 1 is 1.25 bits per heavy atom. The number of sulfonamides is 1. The molecule has 2 N–H and O–H groups in total. The van der Waals surface area contributed by atoms with Crippen LogP contribution in [-0.2, 0) is 16.6 Å². The number of nitrogens with zero attached hydrogens (tertiary/aromatic N) is 1. The Kier molecular flexibility index (Phi) is 4.74. The first kappa shape index (κ1) is 15.0. The van der Waals surface area contributed by atoms with E-state index in [0.717, 1.165) is 5.56 Å². The lowest BCUT2D eigenvalue weighted by Gasteiger charge is -2.12. The molecule has 0 bridgehead atoms. The summed E-state index contributed by atoms with van der Waals surface area (Å²) >= 11 is 3.21. The summed E-state index contributed by atoms with van der Waals surface area (Å²) in [6.45, 7) is 0.579. The molecule has 0 saturated carbocycles. The van der Waals surface area contributed by atoms with Crippen LogP contribution in [0.4, 0.5) is 5.69 Å². The standard InChI is InChI=1S/C13H14BrN3O2S/c1-15-7-10-4-2-3-5-13(10)17-20(18,19)12-6-11(14)8-16-9-12/h2-6,8-9,15,17H,7H2,1H3. The van der Waals surface area contributed by atoms with E-state index >= 15 is 0 Å². The molecule has 0 spiro atoms. The van der Waals surface area contributed by atoms with Crippen LogP contribution in [0, 0.1) is 0 Å². The van der Waals surface area contributed by atoms with Crippen LogP contribution in [0.3, 0.4) is 0 Å². The van der Waals surface area contributed by atoms with Crippen molar-refractivity contribution < 1.29 is 8.42 Å². The maximum Gasteiger partial charge on any atom is 0.263 e. The molecular weight excluding hydrogens is 342 g/mol. The van der Waals surface area contributed by atoms with E-state index in [4.69, 9.17) is 0 Å². The second-order valence-electron chi connectivity index (χ2n) is 4.13. The van der Waals surface area contributed by atoms with Crippen molar-refractivity contribution in [3.05, 3.63) is 52.8 Å². The zero-order chi connectivity index (χ0) is 14.6. The van der Waals surface area contributed by atoms with Crippen molar-refractivity contribution in [2.75, 3.05) is 11.8 Å². The number of halogens is 1. The van der Waals surface area contributed by atoms with Crippen LogP contribution in [-0.4, -0.2) is 20.4 Å². The van der Waals surface area contributed by atoms with Gasteiger partial charge in [0.25, 0.3) is 10.0 Å². The van der Waals surface area contributed by atoms with Crippen LogP contribution in [0.15, 0.2) is 52.1 Å². The number of hydrogen-bond donors (Lipinski definition) is 2. The predicted molar refractivity (Wildman–Crippen MR) is 82.0 cm³/mol. The Hall–Kier alpha value is -1.44. The summed E-state index contributed by atoms with van der Waals surface area (Å²) in [5.74, 6) is 0. The number of benzene rings is 1. The number of para-hydroxylation sites is 1. The van der Waals surface area contributed by atoms with Crippen LogP contribution in [0.5, 0.6) is 0 Å². The molecule has 0 radical (unpaired) electrons. The molecule has 0 saturated heterocycles. The molecule has 0 aliphatic rings. The number of nitrogens with one attached hydrogen (secondary N) is 2. The van der Waals surface area contributed by atoms with Gasteiger partial charge in [0, 0.05) is 23.4 Å². The summed E-state index contributed by atoms with van der Waals surface area (Å²) in [5.41, 5.74) is 1.43. The number of pyridine rings is 1. The van der Waals surface area contributed by atoms with Gasteiger partial charge in [-0.1, -0.05) is 18.2 Å². The van der Waals surface area contributed by atoms with Gasteiger partial charge in [-0.15, -0.1) is 0 Å². The zero-order valence-electron chi connectivity index (χ0n) is 10.8. The van der Waals surface area contributed by atoms with Gasteiger partial charge in [0.15, 0.2) is 0 Å². The van der Waals surface area contributed by atoms with Crippen molar-refractivity contribution in [3.8, 4) is 0 Å². The van der Waals surface area contributed by atoms with Gasteiger partial charge in [-0.3, -0.25) is 9.71 Å². The lowest BCUT2D eigenvalue weighted by Crippen LogP contribution is -2.16. The molecule has 0 amide bonds. The minimum absolute atomic E-state index is 0.117. The quantitative estimate of drug-likeness (QED) is 0.863. The summed E-state index contributed by atoms with van der Waals surface area (Å²) in [4.78, 5) is 3.99. The van der Waals surface area contributed by atoms with Gasteiger partial charge in [-0.2, -0.15) is 0 Å². The summed E-state index contributed by atoms with van der Waals surface area (Å²) in [6, 6.07) is 8.76. The summed E-state index contributed by atoms with van der Waals surface area (Å²) < 4.78 is 27.8. The van der Waals surface area contributed by atoms with Crippen LogP contribution in [0.2, 0.25) is 0 Å². The Labute approximate surface area is 126 Å². The van der Waals surface area contributed by atoms with Crippen LogP contribution in [0.1, 0.15) is 5.56 Å². The third-order valence-electron chi connectivity index (χ3n) is 2.62. The average Bonchev–Trinajstić information content (AvgIpc) is 2.41. The monoisotopic (exact) mass is 355 g/mol. The Bertz CT molecular complexity index is 704. The molecule has 0 aliphatic carbocycles. The van der Waals surface area contributed by atoms with E-state index in [1.54, 1.807) is 12.1 Å². The van der Waals surface area contributed by atoms with Gasteiger partial charge >= 0.3 is 0 Å². The molecule has 106 valence electrons. The number of aromatic nitrogens is 1. The van der Waals surface area contributed by atoms with Crippen molar-refractivity contribution in [2.24, 2.45) is 0 Å². The predicted octanol–water partition coefficient (Wildman–Crippen LogP) is 2.36. The van der Waals surface area contributed by atoms with E-state index in [-0.39, 0.29) is 4.90 Å². The van der Waals surface area contributed by atoms with E-state index < -0.39 is 10.0 Å². The van der Waals surface area contributed by atoms with E-state index in [0.29, 0.717) is 16.7 Å². The fourth-order valence-electron chi connectivity index (χ4n) is 1.71. The normalized spacial score (nSPS) is 11.3. The molecule has 7 heteroatoms. The van der Waals surface area contributed by atoms with E-state index in [1.165, 1.54) is 18.5 Å². The summed E-state index contributed by atoms with van der Waals surface area (Å²) in [6.07, 6.45) is 2.85. The third kappa shape index (κ3) is 3.56. The lowest BCUT2D eigenvalue weighted by molar-refractivity contribution is 0.600. The van der Waals surface area contributed by atoms with Gasteiger partial charge in [-0.25, -0.2) is 8.42 Å². The molecule has 0 fully saturated rings. The molecule has 1 aromatic carbocycles. The van der Waals surface area contributed by atoms with Crippen molar-refractivity contribution in [1.82, 2.24) is 10.3 Å². The van der Waals surface area contributed by atoms with Crippen LogP contribution >= 0.6 is 15.9 Å². The van der Waals surface area contributed by atoms with Gasteiger partial charge in [0.1, 0.15) is 4.90 Å². The SMILES string of the molecule is CNCc1ccccc1NS(=O)(=O)c1cncc(Br)c1. The molecule has 5 nitrogen and oxygen atoms in total. The van der Waals surface area contributed by atoms with Gasteiger partial charge < -0.3 is 5.32 Å². The number of hydrogen-bond acceptors (Lipinski definition) is 4. The Morgan fingerprint density at radius 2 is 2.00 bits per heavy atom. The van der Waals surface area contributed by atoms with Gasteiger partial charge in [-0.05, 0) is 40.7 Å².